The molecule has 0 aliphatic carbocycles. The molecule has 2 aliphatic heterocycles. The fraction of sp³-hybridized carbons (Fsp3) is 0.444. The molecule has 0 unspecified atom stereocenters. The van der Waals surface area contributed by atoms with Crippen LogP contribution in [0, 0.1) is 15.5 Å². The topological polar surface area (TPSA) is 93.3 Å². The molecule has 9 heteroatoms. The fourth-order valence-corrected chi connectivity index (χ4v) is 3.89. The molecule has 144 valence electrons. The number of amides is 1. The molecule has 1 amide bonds. The fourth-order valence-electron chi connectivity index (χ4n) is 3.89. The maximum Gasteiger partial charge on any atom is 0.269 e. The average molecular weight is 392 g/mol. The second kappa shape index (κ2) is 7.66. The molecule has 27 heavy (non-hydrogen) atoms. The Morgan fingerprint density at radius 3 is 2.48 bits per heavy atom. The van der Waals surface area contributed by atoms with E-state index in [4.69, 9.17) is 0 Å². The lowest BCUT2D eigenvalue weighted by Gasteiger charge is -2.38. The SMILES string of the molecule is Cl.O=C(c1cnn(-c2ccc([N+](=O)[O-])cc2)c1)N1CCC2(CCNC2)CC1. The number of aromatic nitrogens is 2. The van der Waals surface area contributed by atoms with Crippen molar-refractivity contribution in [1.82, 2.24) is 20.0 Å². The maximum atomic E-state index is 12.8. The van der Waals surface area contributed by atoms with Crippen molar-refractivity contribution in [3.63, 3.8) is 0 Å². The van der Waals surface area contributed by atoms with E-state index in [-0.39, 0.29) is 24.0 Å². The standard InChI is InChI=1S/C18H21N5O3.ClH/c24-17(21-9-6-18(7-10-21)5-8-19-13-18)14-11-20-22(12-14)15-1-3-16(4-2-15)23(25)26;/h1-4,11-12,19H,5-10,13H2;1H. The van der Waals surface area contributed by atoms with Crippen molar-refractivity contribution < 1.29 is 9.72 Å². The van der Waals surface area contributed by atoms with Crippen molar-refractivity contribution >= 4 is 24.0 Å². The summed E-state index contributed by atoms with van der Waals surface area (Å²) in [5, 5.41) is 18.4. The molecule has 3 heterocycles. The highest BCUT2D eigenvalue weighted by Gasteiger charge is 2.38. The first-order chi connectivity index (χ1) is 12.6. The van der Waals surface area contributed by atoms with Crippen LogP contribution in [-0.4, -0.2) is 51.7 Å². The first kappa shape index (κ1) is 19.3. The molecule has 4 rings (SSSR count). The summed E-state index contributed by atoms with van der Waals surface area (Å²) in [4.78, 5) is 25.0. The van der Waals surface area contributed by atoms with Gasteiger partial charge in [0.05, 0.1) is 22.4 Å². The summed E-state index contributed by atoms with van der Waals surface area (Å²) in [6, 6.07) is 6.10. The largest absolute Gasteiger partial charge is 0.339 e. The smallest absolute Gasteiger partial charge is 0.269 e. The number of carbonyl (C=O) groups excluding carboxylic acids is 1. The van der Waals surface area contributed by atoms with Gasteiger partial charge in [-0.05, 0) is 43.4 Å². The predicted molar refractivity (Wildman–Crippen MR) is 103 cm³/mol. The number of nitro groups is 1. The van der Waals surface area contributed by atoms with Gasteiger partial charge in [0.1, 0.15) is 0 Å². The molecule has 2 aromatic rings. The van der Waals surface area contributed by atoms with Crippen molar-refractivity contribution in [2.45, 2.75) is 19.3 Å². The van der Waals surface area contributed by atoms with Crippen LogP contribution in [0.25, 0.3) is 5.69 Å². The van der Waals surface area contributed by atoms with E-state index in [1.165, 1.54) is 18.6 Å². The van der Waals surface area contributed by atoms with E-state index in [0.717, 1.165) is 39.0 Å². The molecule has 2 aliphatic rings. The Hall–Kier alpha value is -2.45. The van der Waals surface area contributed by atoms with Crippen LogP contribution in [0.2, 0.25) is 0 Å². The highest BCUT2D eigenvalue weighted by molar-refractivity contribution is 5.93. The van der Waals surface area contributed by atoms with Crippen LogP contribution in [0.3, 0.4) is 0 Å². The molecule has 2 saturated heterocycles. The van der Waals surface area contributed by atoms with E-state index in [1.807, 2.05) is 4.90 Å². The van der Waals surface area contributed by atoms with Gasteiger partial charge in [0, 0.05) is 38.0 Å². The number of likely N-dealkylation sites (tertiary alicyclic amines) is 1. The van der Waals surface area contributed by atoms with Crippen molar-refractivity contribution in [3.8, 4) is 5.69 Å². The second-order valence-corrected chi connectivity index (χ2v) is 7.17. The molecule has 0 atom stereocenters. The van der Waals surface area contributed by atoms with Gasteiger partial charge in [-0.25, -0.2) is 4.68 Å². The number of carbonyl (C=O) groups is 1. The minimum atomic E-state index is -0.440. The van der Waals surface area contributed by atoms with E-state index in [9.17, 15) is 14.9 Å². The number of nitrogens with zero attached hydrogens (tertiary/aromatic N) is 4. The lowest BCUT2D eigenvalue weighted by atomic mass is 9.78. The molecule has 1 N–H and O–H groups in total. The van der Waals surface area contributed by atoms with Crippen LogP contribution in [-0.2, 0) is 0 Å². The molecule has 1 aromatic carbocycles. The molecular formula is C18H22ClN5O3. The van der Waals surface area contributed by atoms with Crippen LogP contribution in [0.15, 0.2) is 36.7 Å². The van der Waals surface area contributed by atoms with E-state index in [2.05, 4.69) is 10.4 Å². The number of benzene rings is 1. The quantitative estimate of drug-likeness (QED) is 0.640. The van der Waals surface area contributed by atoms with Crippen molar-refractivity contribution in [1.29, 1.82) is 0 Å². The molecule has 1 spiro atoms. The molecule has 0 radical (unpaired) electrons. The second-order valence-electron chi connectivity index (χ2n) is 7.17. The zero-order chi connectivity index (χ0) is 18.1. The Kier molecular flexibility index (Phi) is 5.48. The van der Waals surface area contributed by atoms with Gasteiger partial charge in [0.25, 0.3) is 11.6 Å². The molecule has 0 saturated carbocycles. The molecular weight excluding hydrogens is 370 g/mol. The van der Waals surface area contributed by atoms with Gasteiger partial charge in [-0.2, -0.15) is 5.10 Å². The third-order valence-electron chi connectivity index (χ3n) is 5.60. The Bertz CT molecular complexity index is 820. The number of halogens is 1. The van der Waals surface area contributed by atoms with E-state index < -0.39 is 4.92 Å². The van der Waals surface area contributed by atoms with E-state index in [0.29, 0.717) is 16.7 Å². The van der Waals surface area contributed by atoms with Gasteiger partial charge in [0.15, 0.2) is 0 Å². The van der Waals surface area contributed by atoms with Crippen molar-refractivity contribution in [2.24, 2.45) is 5.41 Å². The number of hydrogen-bond donors (Lipinski definition) is 1. The first-order valence-electron chi connectivity index (χ1n) is 8.86. The van der Waals surface area contributed by atoms with Gasteiger partial charge >= 0.3 is 0 Å². The van der Waals surface area contributed by atoms with Crippen LogP contribution < -0.4 is 5.32 Å². The third kappa shape index (κ3) is 3.81. The minimum Gasteiger partial charge on any atom is -0.339 e. The Balaban J connectivity index is 0.00000210. The monoisotopic (exact) mass is 391 g/mol. The summed E-state index contributed by atoms with van der Waals surface area (Å²) in [5.74, 6) is -0.000956. The Labute approximate surface area is 163 Å². The highest BCUT2D eigenvalue weighted by atomic mass is 35.5. The van der Waals surface area contributed by atoms with Gasteiger partial charge in [-0.15, -0.1) is 12.4 Å². The van der Waals surface area contributed by atoms with Crippen LogP contribution in [0.4, 0.5) is 5.69 Å². The normalized spacial score (nSPS) is 18.3. The van der Waals surface area contributed by atoms with Crippen molar-refractivity contribution in [3.05, 3.63) is 52.3 Å². The lowest BCUT2D eigenvalue weighted by Crippen LogP contribution is -2.43. The Morgan fingerprint density at radius 1 is 1.19 bits per heavy atom. The average Bonchev–Trinajstić information content (AvgIpc) is 3.32. The van der Waals surface area contributed by atoms with Gasteiger partial charge < -0.3 is 10.2 Å². The molecule has 1 aromatic heterocycles. The number of piperidine rings is 1. The highest BCUT2D eigenvalue weighted by Crippen LogP contribution is 2.37. The molecule has 8 nitrogen and oxygen atoms in total. The van der Waals surface area contributed by atoms with E-state index in [1.54, 1.807) is 29.2 Å². The van der Waals surface area contributed by atoms with Crippen molar-refractivity contribution in [2.75, 3.05) is 26.2 Å². The summed E-state index contributed by atoms with van der Waals surface area (Å²) in [5.41, 5.74) is 1.63. The zero-order valence-corrected chi connectivity index (χ0v) is 15.7. The third-order valence-corrected chi connectivity index (χ3v) is 5.60. The predicted octanol–water partition coefficient (Wildman–Crippen LogP) is 2.42. The van der Waals surface area contributed by atoms with Crippen LogP contribution in [0.1, 0.15) is 29.6 Å². The summed E-state index contributed by atoms with van der Waals surface area (Å²) in [7, 11) is 0. The number of rotatable bonds is 3. The van der Waals surface area contributed by atoms with Crippen LogP contribution >= 0.6 is 12.4 Å². The summed E-state index contributed by atoms with van der Waals surface area (Å²) in [6.07, 6.45) is 6.54. The number of hydrogen-bond acceptors (Lipinski definition) is 5. The van der Waals surface area contributed by atoms with Gasteiger partial charge in [0.2, 0.25) is 0 Å². The molecule has 0 bridgehead atoms. The number of nitrogens with one attached hydrogen (secondary N) is 1. The minimum absolute atomic E-state index is 0. The molecule has 2 fully saturated rings. The maximum absolute atomic E-state index is 12.8. The number of nitro benzene ring substituents is 1. The van der Waals surface area contributed by atoms with Crippen LogP contribution in [0.5, 0.6) is 0 Å². The lowest BCUT2D eigenvalue weighted by molar-refractivity contribution is -0.384. The summed E-state index contributed by atoms with van der Waals surface area (Å²) in [6.45, 7) is 3.70. The number of non-ortho nitro benzene ring substituents is 1. The van der Waals surface area contributed by atoms with Gasteiger partial charge in [-0.3, -0.25) is 14.9 Å². The Morgan fingerprint density at radius 2 is 1.89 bits per heavy atom. The summed E-state index contributed by atoms with van der Waals surface area (Å²) < 4.78 is 1.57. The van der Waals surface area contributed by atoms with Gasteiger partial charge in [-0.1, -0.05) is 0 Å². The summed E-state index contributed by atoms with van der Waals surface area (Å²) >= 11 is 0. The first-order valence-corrected chi connectivity index (χ1v) is 8.86. The van der Waals surface area contributed by atoms with E-state index >= 15 is 0 Å². The zero-order valence-electron chi connectivity index (χ0n) is 14.8.